The number of carbonyl (C=O) groups is 5. The molecule has 1 saturated carbocycles. The summed E-state index contributed by atoms with van der Waals surface area (Å²) in [6, 6.07) is 17.2. The topological polar surface area (TPSA) is 201 Å². The van der Waals surface area contributed by atoms with E-state index in [2.05, 4.69) is 0 Å². The number of rotatable bonds is 10. The number of amides is 1. The van der Waals surface area contributed by atoms with E-state index in [9.17, 15) is 38.8 Å². The van der Waals surface area contributed by atoms with E-state index >= 15 is 0 Å². The maximum Gasteiger partial charge on any atom is 0.329 e. The second kappa shape index (κ2) is 29.3. The molecule has 0 aromatic heterocycles. The molecule has 3 fully saturated rings. The van der Waals surface area contributed by atoms with Crippen molar-refractivity contribution < 1.29 is 67.0 Å². The van der Waals surface area contributed by atoms with Crippen molar-refractivity contribution in [1.82, 2.24) is 4.90 Å². The first-order chi connectivity index (χ1) is 37.6. The number of nitrogens with zero attached hydrogens (tertiary/aromatic N) is 1. The van der Waals surface area contributed by atoms with Crippen molar-refractivity contribution in [2.24, 2.45) is 35.5 Å². The molecule has 1 aliphatic carbocycles. The molecule has 2 saturated heterocycles. The smallest absolute Gasteiger partial charge is 0.329 e. The molecule has 2 N–H and O–H groups in total. The molecule has 2 aromatic rings. The monoisotopic (exact) mass is 1110 g/mol. The lowest BCUT2D eigenvalue weighted by molar-refractivity contribution is -0.265. The summed E-state index contributed by atoms with van der Waals surface area (Å²) < 4.78 is 51.9. The lowest BCUT2D eigenvalue weighted by atomic mass is 9.78. The summed E-state index contributed by atoms with van der Waals surface area (Å²) in [4.78, 5) is 73.1. The molecule has 4 aliphatic rings. The van der Waals surface area contributed by atoms with Crippen molar-refractivity contribution >= 4 is 47.2 Å². The Labute approximate surface area is 469 Å². The van der Waals surface area contributed by atoms with E-state index in [0.29, 0.717) is 80.4 Å². The lowest BCUT2D eigenvalue weighted by Crippen LogP contribution is -2.61. The SMILES string of the molecule is CO[C@H]1C[C@@H]2CC[C@@H](C)[C@@](O)(O2)C(=O)C(=O)N2CCCCC2C(=O)OC([C@H](C)CC2CC[C@@H](OP(=O)(c3ccccc3)c3ccccc3)[C@H](OC)C2)CC(=O)[C@H](C)C=C(C)[C@@H](O)[C@@H](OC)C(=O)[C@H](C)C[C@H](C)C=CC=CC=C1C. The van der Waals surface area contributed by atoms with Crippen LogP contribution in [0.4, 0.5) is 0 Å². The van der Waals surface area contributed by atoms with E-state index in [4.69, 9.17) is 28.2 Å². The molecular weight excluding hydrogens is 1030 g/mol. The number of ether oxygens (including phenoxy) is 5. The highest BCUT2D eigenvalue weighted by Gasteiger charge is 2.53. The highest BCUT2D eigenvalue weighted by Crippen LogP contribution is 2.49. The third-order valence-electron chi connectivity index (χ3n) is 16.9. The number of aliphatic hydroxyl groups is 2. The first-order valence-electron chi connectivity index (χ1n) is 28.5. The molecule has 3 unspecified atom stereocenters. The van der Waals surface area contributed by atoms with Crippen LogP contribution >= 0.6 is 7.37 Å². The molecule has 2 aromatic carbocycles. The average Bonchev–Trinajstić information content (AvgIpc) is 3.46. The first-order valence-corrected chi connectivity index (χ1v) is 30.2. The van der Waals surface area contributed by atoms with Gasteiger partial charge >= 0.3 is 5.97 Å². The molecule has 16 heteroatoms. The number of carbonyl (C=O) groups excluding carboxylic acids is 5. The van der Waals surface area contributed by atoms with Crippen LogP contribution in [0.1, 0.15) is 126 Å². The summed E-state index contributed by atoms with van der Waals surface area (Å²) in [7, 11) is 1.02. The number of hydrogen-bond acceptors (Lipinski definition) is 14. The van der Waals surface area contributed by atoms with Crippen molar-refractivity contribution in [2.75, 3.05) is 27.9 Å². The number of aliphatic hydroxyl groups excluding tert-OH is 1. The fourth-order valence-electron chi connectivity index (χ4n) is 11.9. The van der Waals surface area contributed by atoms with Crippen LogP contribution in [0.3, 0.4) is 0 Å². The maximum absolute atomic E-state index is 15.0. The van der Waals surface area contributed by atoms with Gasteiger partial charge in [-0.05, 0) is 131 Å². The number of Topliss-reactive ketones (excluding diaryl/α,β-unsaturated/α-hetero) is 3. The van der Waals surface area contributed by atoms with E-state index in [-0.39, 0.29) is 42.8 Å². The Balaban J connectivity index is 1.29. The molecular formula is C63H88NO14P. The molecule has 2 bridgehead atoms. The van der Waals surface area contributed by atoms with Gasteiger partial charge in [0.25, 0.3) is 19.1 Å². The summed E-state index contributed by atoms with van der Waals surface area (Å²) in [5, 5.41) is 24.8. The third kappa shape index (κ3) is 16.1. The standard InChI is InChI=1S/C63H88NO14P/c1-40-22-14-11-15-23-41(2)54(73-8)38-48-31-29-46(7)63(71,77-48)60(68)61(69)64-33-21-20-28-51(64)62(70)76-55(39-52(65)42(3)35-45(6)58(67)59(75-10)57(66)44(5)34-40)43(4)36-47-30-32-53(56(37-47)74-9)78-79(72,49-24-16-12-17-25-49)50-26-18-13-19-27-50/h11-19,22-27,35,40,42-44,46-48,51,53-56,58-59,67,71H,20-21,28-34,36-39H2,1-10H3/t40-,42-,43-,44-,46-,47?,48+,51?,53-,54+,55?,56-,58-,59+,63-/m1/s1. The number of esters is 1. The minimum Gasteiger partial charge on any atom is -0.460 e. The fourth-order valence-corrected chi connectivity index (χ4v) is 14.2. The van der Waals surface area contributed by atoms with Crippen molar-refractivity contribution in [1.29, 1.82) is 0 Å². The lowest BCUT2D eigenvalue weighted by Gasteiger charge is -2.42. The zero-order valence-corrected chi connectivity index (χ0v) is 49.1. The van der Waals surface area contributed by atoms with Gasteiger partial charge < -0.3 is 43.3 Å². The van der Waals surface area contributed by atoms with Gasteiger partial charge in [-0.2, -0.15) is 0 Å². The molecule has 0 spiro atoms. The quantitative estimate of drug-likeness (QED) is 0.0987. The Kier molecular flexibility index (Phi) is 23.6. The van der Waals surface area contributed by atoms with Crippen LogP contribution < -0.4 is 10.6 Å². The Bertz CT molecular complexity index is 2500. The average molecular weight is 1110 g/mol. The van der Waals surface area contributed by atoms with Crippen LogP contribution in [0, 0.1) is 35.5 Å². The van der Waals surface area contributed by atoms with Gasteiger partial charge in [-0.25, -0.2) is 4.79 Å². The van der Waals surface area contributed by atoms with Gasteiger partial charge in [0, 0.05) is 69.1 Å². The number of fused-ring (bicyclic) bond motifs is 3. The maximum atomic E-state index is 15.0. The highest BCUT2D eigenvalue weighted by atomic mass is 31.2. The van der Waals surface area contributed by atoms with Gasteiger partial charge in [-0.3, -0.25) is 23.7 Å². The van der Waals surface area contributed by atoms with E-state index < -0.39 is 103 Å². The molecule has 79 heavy (non-hydrogen) atoms. The van der Waals surface area contributed by atoms with Crippen LogP contribution in [0.25, 0.3) is 0 Å². The summed E-state index contributed by atoms with van der Waals surface area (Å²) in [5.74, 6) is -8.37. The number of benzene rings is 2. The molecule has 15 nitrogen and oxygen atoms in total. The summed E-state index contributed by atoms with van der Waals surface area (Å²) in [5.41, 5.74) is 1.24. The van der Waals surface area contributed by atoms with Crippen molar-refractivity contribution in [2.45, 2.75) is 180 Å². The van der Waals surface area contributed by atoms with Crippen molar-refractivity contribution in [3.8, 4) is 0 Å². The second-order valence-electron chi connectivity index (χ2n) is 22.9. The van der Waals surface area contributed by atoms with Crippen LogP contribution in [0.2, 0.25) is 0 Å². The van der Waals surface area contributed by atoms with Gasteiger partial charge in [0.05, 0.1) is 24.4 Å². The Morgan fingerprint density at radius 2 is 1.44 bits per heavy atom. The molecule has 1 amide bonds. The third-order valence-corrected chi connectivity index (χ3v) is 19.5. The zero-order valence-electron chi connectivity index (χ0n) is 48.2. The molecule has 15 atom stereocenters. The van der Waals surface area contributed by atoms with E-state index in [1.54, 1.807) is 41.1 Å². The Morgan fingerprint density at radius 1 is 0.772 bits per heavy atom. The minimum absolute atomic E-state index is 0.000329. The van der Waals surface area contributed by atoms with Gasteiger partial charge in [0.2, 0.25) is 5.79 Å². The molecule has 3 heterocycles. The summed E-state index contributed by atoms with van der Waals surface area (Å²) >= 11 is 0. The van der Waals surface area contributed by atoms with Crippen LogP contribution in [0.15, 0.2) is 108 Å². The van der Waals surface area contributed by atoms with Crippen LogP contribution in [-0.4, -0.2) is 127 Å². The van der Waals surface area contributed by atoms with Crippen molar-refractivity contribution in [3.63, 3.8) is 0 Å². The molecule has 6 rings (SSSR count). The van der Waals surface area contributed by atoms with Gasteiger partial charge in [-0.1, -0.05) is 107 Å². The van der Waals surface area contributed by atoms with Crippen molar-refractivity contribution in [3.05, 3.63) is 108 Å². The van der Waals surface area contributed by atoms with Gasteiger partial charge in [-0.15, -0.1) is 0 Å². The predicted molar refractivity (Wildman–Crippen MR) is 304 cm³/mol. The Hall–Kier alpha value is -4.70. The predicted octanol–water partition coefficient (Wildman–Crippen LogP) is 9.13. The molecule has 0 radical (unpaired) electrons. The normalized spacial score (nSPS) is 33.3. The van der Waals surface area contributed by atoms with Crippen LogP contribution in [-0.2, 0) is 56.7 Å². The number of hydrogen-bond donors (Lipinski definition) is 2. The van der Waals surface area contributed by atoms with Gasteiger partial charge in [0.15, 0.2) is 5.78 Å². The summed E-state index contributed by atoms with van der Waals surface area (Å²) in [6.07, 6.45) is 10.6. The number of cyclic esters (lactones) is 1. The first kappa shape index (κ1) is 63.5. The second-order valence-corrected chi connectivity index (χ2v) is 25.2. The minimum atomic E-state index is -3.55. The number of allylic oxidation sites excluding steroid dienone is 6. The number of ketones is 3. The fraction of sp³-hybridized carbons (Fsp3) is 0.603. The van der Waals surface area contributed by atoms with E-state index in [1.807, 2.05) is 119 Å². The zero-order chi connectivity index (χ0) is 57.6. The van der Waals surface area contributed by atoms with E-state index in [0.717, 1.165) is 5.57 Å². The van der Waals surface area contributed by atoms with E-state index in [1.165, 1.54) is 12.0 Å². The van der Waals surface area contributed by atoms with Crippen LogP contribution in [0.5, 0.6) is 0 Å². The number of methoxy groups -OCH3 is 3. The molecule has 434 valence electrons. The summed E-state index contributed by atoms with van der Waals surface area (Å²) in [6.45, 7) is 12.7. The Morgan fingerprint density at radius 3 is 2.08 bits per heavy atom. The van der Waals surface area contributed by atoms with Gasteiger partial charge in [0.1, 0.15) is 30.1 Å². The highest BCUT2D eigenvalue weighted by molar-refractivity contribution is 7.74. The molecule has 3 aliphatic heterocycles. The number of piperidine rings is 1. The largest absolute Gasteiger partial charge is 0.460 e.